The van der Waals surface area contributed by atoms with Crippen LogP contribution in [0.1, 0.15) is 29.6 Å². The van der Waals surface area contributed by atoms with E-state index < -0.39 is 5.97 Å². The van der Waals surface area contributed by atoms with Gasteiger partial charge in [-0.1, -0.05) is 18.0 Å². The molecule has 2 atom stereocenters. The normalized spacial score (nSPS) is 23.0. The van der Waals surface area contributed by atoms with Gasteiger partial charge in [-0.15, -0.1) is 0 Å². The number of aliphatic hydroxyl groups is 1. The number of aliphatic hydroxyl groups excluding tert-OH is 1. The van der Waals surface area contributed by atoms with Crippen molar-refractivity contribution in [3.05, 3.63) is 28.8 Å². The molecule has 0 amide bonds. The topological polar surface area (TPSA) is 69.6 Å². The summed E-state index contributed by atoms with van der Waals surface area (Å²) in [5.41, 5.74) is 0.709. The number of anilines is 1. The standard InChI is InChI=1S/C13H16ClNO3/c14-9-4-5-11(10(6-9)13(17)18)15-7-8-2-1-3-12(8)16/h4-6,8,12,15-16H,1-3,7H2,(H,17,18). The van der Waals surface area contributed by atoms with Crippen molar-refractivity contribution in [3.8, 4) is 0 Å². The van der Waals surface area contributed by atoms with Crippen molar-refractivity contribution in [3.63, 3.8) is 0 Å². The molecule has 0 aromatic heterocycles. The predicted molar refractivity (Wildman–Crippen MR) is 70.2 cm³/mol. The zero-order chi connectivity index (χ0) is 13.1. The molecule has 2 rings (SSSR count). The summed E-state index contributed by atoms with van der Waals surface area (Å²) < 4.78 is 0. The van der Waals surface area contributed by atoms with Crippen LogP contribution in [0.2, 0.25) is 5.02 Å². The molecular formula is C13H16ClNO3. The van der Waals surface area contributed by atoms with Gasteiger partial charge in [-0.2, -0.15) is 0 Å². The minimum atomic E-state index is -1.01. The third kappa shape index (κ3) is 2.94. The van der Waals surface area contributed by atoms with Gasteiger partial charge in [-0.3, -0.25) is 0 Å². The van der Waals surface area contributed by atoms with E-state index in [1.807, 2.05) is 0 Å². The number of benzene rings is 1. The lowest BCUT2D eigenvalue weighted by Crippen LogP contribution is -2.22. The van der Waals surface area contributed by atoms with Crippen molar-refractivity contribution in [2.75, 3.05) is 11.9 Å². The molecule has 0 radical (unpaired) electrons. The Morgan fingerprint density at radius 1 is 1.44 bits per heavy atom. The van der Waals surface area contributed by atoms with Crippen LogP contribution >= 0.6 is 11.6 Å². The van der Waals surface area contributed by atoms with Crippen molar-refractivity contribution in [2.45, 2.75) is 25.4 Å². The molecule has 4 nitrogen and oxygen atoms in total. The van der Waals surface area contributed by atoms with Crippen molar-refractivity contribution in [2.24, 2.45) is 5.92 Å². The highest BCUT2D eigenvalue weighted by molar-refractivity contribution is 6.31. The van der Waals surface area contributed by atoms with Crippen LogP contribution in [0.4, 0.5) is 5.69 Å². The summed E-state index contributed by atoms with van der Waals surface area (Å²) in [5, 5.41) is 22.3. The number of carboxylic acids is 1. The van der Waals surface area contributed by atoms with E-state index in [1.54, 1.807) is 12.1 Å². The lowest BCUT2D eigenvalue weighted by Gasteiger charge is -2.17. The molecule has 1 aliphatic rings. The zero-order valence-electron chi connectivity index (χ0n) is 9.90. The van der Waals surface area contributed by atoms with Crippen LogP contribution in [0.15, 0.2) is 18.2 Å². The molecule has 3 N–H and O–H groups in total. The zero-order valence-corrected chi connectivity index (χ0v) is 10.7. The molecule has 0 spiro atoms. The maximum Gasteiger partial charge on any atom is 0.337 e. The molecule has 98 valence electrons. The van der Waals surface area contributed by atoms with E-state index in [2.05, 4.69) is 5.32 Å². The highest BCUT2D eigenvalue weighted by atomic mass is 35.5. The molecule has 18 heavy (non-hydrogen) atoms. The van der Waals surface area contributed by atoms with Crippen LogP contribution in [0.25, 0.3) is 0 Å². The highest BCUT2D eigenvalue weighted by Crippen LogP contribution is 2.27. The molecule has 0 saturated heterocycles. The first-order valence-electron chi connectivity index (χ1n) is 6.02. The van der Waals surface area contributed by atoms with E-state index in [0.29, 0.717) is 17.3 Å². The van der Waals surface area contributed by atoms with E-state index in [4.69, 9.17) is 16.7 Å². The van der Waals surface area contributed by atoms with Gasteiger partial charge in [0, 0.05) is 23.2 Å². The van der Waals surface area contributed by atoms with Gasteiger partial charge in [0.15, 0.2) is 0 Å². The summed E-state index contributed by atoms with van der Waals surface area (Å²) in [6, 6.07) is 4.74. The van der Waals surface area contributed by atoms with Crippen molar-refractivity contribution in [1.82, 2.24) is 0 Å². The molecule has 1 aromatic rings. The second-order valence-corrected chi connectivity index (χ2v) is 5.07. The SMILES string of the molecule is O=C(O)c1cc(Cl)ccc1NCC1CCCC1O. The number of aromatic carboxylic acids is 1. The lowest BCUT2D eigenvalue weighted by atomic mass is 10.1. The molecule has 5 heteroatoms. The molecule has 0 aliphatic heterocycles. The van der Waals surface area contributed by atoms with Gasteiger partial charge < -0.3 is 15.5 Å². The van der Waals surface area contributed by atoms with E-state index in [0.717, 1.165) is 19.3 Å². The van der Waals surface area contributed by atoms with Gasteiger partial charge in [0.1, 0.15) is 0 Å². The number of halogens is 1. The summed E-state index contributed by atoms with van der Waals surface area (Å²) >= 11 is 5.78. The fourth-order valence-electron chi connectivity index (χ4n) is 2.34. The largest absolute Gasteiger partial charge is 0.478 e. The van der Waals surface area contributed by atoms with Crippen LogP contribution in [-0.2, 0) is 0 Å². The Hall–Kier alpha value is -1.26. The first-order chi connectivity index (χ1) is 8.58. The van der Waals surface area contributed by atoms with Crippen molar-refractivity contribution < 1.29 is 15.0 Å². The average molecular weight is 270 g/mol. The van der Waals surface area contributed by atoms with Crippen LogP contribution in [0, 0.1) is 5.92 Å². The predicted octanol–water partition coefficient (Wildman–Crippen LogP) is 2.61. The number of hydrogen-bond donors (Lipinski definition) is 3. The molecule has 0 heterocycles. The summed E-state index contributed by atoms with van der Waals surface area (Å²) in [6.07, 6.45) is 2.56. The molecular weight excluding hydrogens is 254 g/mol. The monoisotopic (exact) mass is 269 g/mol. The first-order valence-corrected chi connectivity index (χ1v) is 6.40. The number of carboxylic acid groups (broad SMARTS) is 1. The van der Waals surface area contributed by atoms with Crippen molar-refractivity contribution in [1.29, 1.82) is 0 Å². The summed E-state index contributed by atoms with van der Waals surface area (Å²) in [4.78, 5) is 11.1. The Morgan fingerprint density at radius 2 is 2.22 bits per heavy atom. The highest BCUT2D eigenvalue weighted by Gasteiger charge is 2.25. The molecule has 1 aliphatic carbocycles. The number of carbonyl (C=O) groups is 1. The van der Waals surface area contributed by atoms with Crippen molar-refractivity contribution >= 4 is 23.3 Å². The first kappa shape index (κ1) is 13.2. The summed E-state index contributed by atoms with van der Waals surface area (Å²) in [6.45, 7) is 0.586. The van der Waals surface area contributed by atoms with Gasteiger partial charge in [-0.25, -0.2) is 4.79 Å². The smallest absolute Gasteiger partial charge is 0.337 e. The van der Waals surface area contributed by atoms with Gasteiger partial charge in [-0.05, 0) is 31.0 Å². The van der Waals surface area contributed by atoms with E-state index >= 15 is 0 Å². The van der Waals surface area contributed by atoms with Crippen LogP contribution in [-0.4, -0.2) is 28.8 Å². The van der Waals surface area contributed by atoms with E-state index in [-0.39, 0.29) is 17.6 Å². The quantitative estimate of drug-likeness (QED) is 0.786. The fraction of sp³-hybridized carbons (Fsp3) is 0.462. The van der Waals surface area contributed by atoms with Gasteiger partial charge in [0.25, 0.3) is 0 Å². The molecule has 2 unspecified atom stereocenters. The maximum absolute atomic E-state index is 11.1. The minimum absolute atomic E-state index is 0.162. The van der Waals surface area contributed by atoms with Crippen LogP contribution in [0.5, 0.6) is 0 Å². The second-order valence-electron chi connectivity index (χ2n) is 4.63. The molecule has 0 bridgehead atoms. The Bertz CT molecular complexity index is 450. The van der Waals surface area contributed by atoms with Crippen LogP contribution in [0.3, 0.4) is 0 Å². The number of nitrogens with one attached hydrogen (secondary N) is 1. The van der Waals surface area contributed by atoms with Gasteiger partial charge >= 0.3 is 5.97 Å². The second kappa shape index (κ2) is 5.59. The average Bonchev–Trinajstić information content (AvgIpc) is 2.73. The molecule has 1 saturated carbocycles. The maximum atomic E-state index is 11.1. The number of hydrogen-bond acceptors (Lipinski definition) is 3. The van der Waals surface area contributed by atoms with Gasteiger partial charge in [0.2, 0.25) is 0 Å². The Morgan fingerprint density at radius 3 is 2.83 bits per heavy atom. The Kier molecular flexibility index (Phi) is 4.09. The third-order valence-corrected chi connectivity index (χ3v) is 3.62. The Labute approximate surface area is 111 Å². The van der Waals surface area contributed by atoms with Gasteiger partial charge in [0.05, 0.1) is 11.7 Å². The third-order valence-electron chi connectivity index (χ3n) is 3.39. The molecule has 1 aromatic carbocycles. The van der Waals surface area contributed by atoms with E-state index in [1.165, 1.54) is 6.07 Å². The van der Waals surface area contributed by atoms with Crippen LogP contribution < -0.4 is 5.32 Å². The van der Waals surface area contributed by atoms with E-state index in [9.17, 15) is 9.90 Å². The Balaban J connectivity index is 2.06. The molecule has 1 fully saturated rings. The summed E-state index contributed by atoms with van der Waals surface area (Å²) in [7, 11) is 0. The summed E-state index contributed by atoms with van der Waals surface area (Å²) in [5.74, 6) is -0.811. The minimum Gasteiger partial charge on any atom is -0.478 e. The number of rotatable bonds is 4. The lowest BCUT2D eigenvalue weighted by molar-refractivity contribution is 0.0698. The fourth-order valence-corrected chi connectivity index (χ4v) is 2.52.